The van der Waals surface area contributed by atoms with Crippen LogP contribution in [0, 0.1) is 11.3 Å². The van der Waals surface area contributed by atoms with Crippen molar-refractivity contribution in [3.63, 3.8) is 0 Å². The largest absolute Gasteiger partial charge is 0.369 e. The van der Waals surface area contributed by atoms with Crippen molar-refractivity contribution in [3.05, 3.63) is 28.7 Å². The lowest BCUT2D eigenvalue weighted by Crippen LogP contribution is -2.64. The van der Waals surface area contributed by atoms with Gasteiger partial charge >= 0.3 is 5.69 Å². The summed E-state index contributed by atoms with van der Waals surface area (Å²) in [6.07, 6.45) is 2.57. The number of rotatable bonds is 5. The number of ether oxygens (including phenoxy) is 2. The lowest BCUT2D eigenvalue weighted by Gasteiger charge is -2.60. The zero-order chi connectivity index (χ0) is 21.9. The molecule has 9 nitrogen and oxygen atoms in total. The van der Waals surface area contributed by atoms with E-state index in [1.807, 2.05) is 18.2 Å². The van der Waals surface area contributed by atoms with Crippen molar-refractivity contribution in [3.8, 4) is 0 Å². The number of para-hydroxylation sites is 1. The SMILES string of the molecule is COC(OC)C1CC2(C1)CN(c1cccc3c1n(C)c(=O)n3C1CCC(=O)NC1=O)C2. The molecule has 5 rings (SSSR count). The van der Waals surface area contributed by atoms with Crippen molar-refractivity contribution in [2.75, 3.05) is 32.2 Å². The van der Waals surface area contributed by atoms with Crippen LogP contribution in [-0.2, 0) is 26.1 Å². The molecule has 31 heavy (non-hydrogen) atoms. The molecule has 3 fully saturated rings. The highest BCUT2D eigenvalue weighted by Gasteiger charge is 2.54. The van der Waals surface area contributed by atoms with Crippen molar-refractivity contribution >= 4 is 28.5 Å². The van der Waals surface area contributed by atoms with Crippen LogP contribution in [0.2, 0.25) is 0 Å². The maximum atomic E-state index is 13.1. The van der Waals surface area contributed by atoms with Crippen LogP contribution in [-0.4, -0.2) is 54.5 Å². The Kier molecular flexibility index (Phi) is 4.71. The van der Waals surface area contributed by atoms with Gasteiger partial charge in [0.05, 0.1) is 16.7 Å². The summed E-state index contributed by atoms with van der Waals surface area (Å²) in [5.74, 6) is -0.277. The second-order valence-electron chi connectivity index (χ2n) is 9.19. The molecule has 166 valence electrons. The van der Waals surface area contributed by atoms with Gasteiger partial charge < -0.3 is 14.4 Å². The minimum absolute atomic E-state index is 0.147. The molecule has 1 unspecified atom stereocenters. The first-order valence-electron chi connectivity index (χ1n) is 10.7. The Labute approximate surface area is 179 Å². The molecule has 3 aliphatic rings. The molecule has 1 aromatic heterocycles. The van der Waals surface area contributed by atoms with Crippen molar-refractivity contribution in [2.24, 2.45) is 18.4 Å². The van der Waals surface area contributed by atoms with Gasteiger partial charge in [0, 0.05) is 52.1 Å². The third-order valence-electron chi connectivity index (χ3n) is 7.24. The Bertz CT molecular complexity index is 1100. The van der Waals surface area contributed by atoms with Gasteiger partial charge in [-0.05, 0) is 31.4 Å². The van der Waals surface area contributed by atoms with Gasteiger partial charge in [-0.15, -0.1) is 0 Å². The number of methoxy groups -OCH3 is 2. The number of benzene rings is 1. The Morgan fingerprint density at radius 3 is 2.48 bits per heavy atom. The highest BCUT2D eigenvalue weighted by Crippen LogP contribution is 2.54. The lowest BCUT2D eigenvalue weighted by molar-refractivity contribution is -0.184. The van der Waals surface area contributed by atoms with Crippen molar-refractivity contribution in [2.45, 2.75) is 38.0 Å². The fourth-order valence-electron chi connectivity index (χ4n) is 5.82. The maximum Gasteiger partial charge on any atom is 0.329 e. The number of aryl methyl sites for hydroxylation is 1. The molecule has 2 aliphatic heterocycles. The Hall–Kier alpha value is -2.65. The first-order chi connectivity index (χ1) is 14.9. The van der Waals surface area contributed by atoms with Crippen molar-refractivity contribution in [1.82, 2.24) is 14.5 Å². The number of fused-ring (bicyclic) bond motifs is 1. The van der Waals surface area contributed by atoms with E-state index in [1.165, 1.54) is 4.57 Å². The first kappa shape index (κ1) is 20.3. The van der Waals surface area contributed by atoms with E-state index in [0.29, 0.717) is 12.3 Å². The van der Waals surface area contributed by atoms with Crippen LogP contribution in [0.3, 0.4) is 0 Å². The van der Waals surface area contributed by atoms with E-state index in [1.54, 1.807) is 25.8 Å². The topological polar surface area (TPSA) is 94.8 Å². The molecule has 1 saturated carbocycles. The standard InChI is InChI=1S/C22H28N4O5/c1-24-18-14(25-11-22(12-25)9-13(10-22)20(30-2)31-3)5-4-6-15(18)26(21(24)29)16-7-8-17(27)23-19(16)28/h4-6,13,16,20H,7-12H2,1-3H3,(H,23,27,28). The molecule has 1 atom stereocenters. The number of nitrogens with one attached hydrogen (secondary N) is 1. The normalized spacial score (nSPS) is 23.4. The summed E-state index contributed by atoms with van der Waals surface area (Å²) in [7, 11) is 5.11. The first-order valence-corrected chi connectivity index (χ1v) is 10.7. The zero-order valence-corrected chi connectivity index (χ0v) is 18.1. The summed E-state index contributed by atoms with van der Waals surface area (Å²) in [5, 5.41) is 2.36. The third-order valence-corrected chi connectivity index (χ3v) is 7.24. The van der Waals surface area contributed by atoms with Gasteiger partial charge in [0.25, 0.3) is 0 Å². The monoisotopic (exact) mass is 428 g/mol. The second-order valence-corrected chi connectivity index (χ2v) is 9.19. The minimum Gasteiger partial charge on any atom is -0.369 e. The number of amides is 2. The van der Waals surface area contributed by atoms with Crippen molar-refractivity contribution < 1.29 is 19.1 Å². The zero-order valence-electron chi connectivity index (χ0n) is 18.1. The fraction of sp³-hybridized carbons (Fsp3) is 0.591. The second kappa shape index (κ2) is 7.20. The summed E-state index contributed by atoms with van der Waals surface area (Å²) >= 11 is 0. The van der Waals surface area contributed by atoms with E-state index in [4.69, 9.17) is 9.47 Å². The van der Waals surface area contributed by atoms with Crippen LogP contribution in [0.1, 0.15) is 31.7 Å². The summed E-state index contributed by atoms with van der Waals surface area (Å²) in [6, 6.07) is 5.17. The molecule has 3 heterocycles. The van der Waals surface area contributed by atoms with Crippen molar-refractivity contribution in [1.29, 1.82) is 0 Å². The van der Waals surface area contributed by atoms with Crippen LogP contribution >= 0.6 is 0 Å². The lowest BCUT2D eigenvalue weighted by atomic mass is 9.57. The predicted octanol–water partition coefficient (Wildman–Crippen LogP) is 1.15. The van der Waals surface area contributed by atoms with Crippen LogP contribution in [0.25, 0.3) is 11.0 Å². The number of hydrogen-bond donors (Lipinski definition) is 1. The van der Waals surface area contributed by atoms with Crippen LogP contribution in [0.5, 0.6) is 0 Å². The summed E-state index contributed by atoms with van der Waals surface area (Å²) < 4.78 is 14.0. The van der Waals surface area contributed by atoms with E-state index in [2.05, 4.69) is 10.2 Å². The number of piperidine rings is 1. The number of nitrogens with zero attached hydrogens (tertiary/aromatic N) is 3. The number of hydrogen-bond acceptors (Lipinski definition) is 6. The Morgan fingerprint density at radius 2 is 1.84 bits per heavy atom. The van der Waals surface area contributed by atoms with Crippen LogP contribution in [0.15, 0.2) is 23.0 Å². The highest BCUT2D eigenvalue weighted by atomic mass is 16.7. The average molecular weight is 428 g/mol. The van der Waals surface area contributed by atoms with Crippen LogP contribution < -0.4 is 15.9 Å². The molecular formula is C22H28N4O5. The number of aromatic nitrogens is 2. The van der Waals surface area contributed by atoms with Gasteiger partial charge in [0.2, 0.25) is 11.8 Å². The highest BCUT2D eigenvalue weighted by molar-refractivity contribution is 6.00. The molecule has 1 aromatic carbocycles. The molecule has 9 heteroatoms. The summed E-state index contributed by atoms with van der Waals surface area (Å²) in [4.78, 5) is 39.4. The molecule has 2 saturated heterocycles. The minimum atomic E-state index is -0.667. The average Bonchev–Trinajstić information content (AvgIpc) is 2.94. The van der Waals surface area contributed by atoms with Crippen LogP contribution in [0.4, 0.5) is 5.69 Å². The smallest absolute Gasteiger partial charge is 0.329 e. The number of imide groups is 1. The number of imidazole rings is 1. The fourth-order valence-corrected chi connectivity index (χ4v) is 5.82. The van der Waals surface area contributed by atoms with E-state index in [0.717, 1.165) is 42.7 Å². The van der Waals surface area contributed by atoms with Gasteiger partial charge in [0.15, 0.2) is 6.29 Å². The molecular weight excluding hydrogens is 400 g/mol. The number of carbonyl (C=O) groups is 2. The third kappa shape index (κ3) is 3.02. The van der Waals surface area contributed by atoms with Gasteiger partial charge in [-0.3, -0.25) is 24.0 Å². The van der Waals surface area contributed by atoms with E-state index in [9.17, 15) is 14.4 Å². The molecule has 1 spiro atoms. The molecule has 1 N–H and O–H groups in total. The molecule has 0 radical (unpaired) electrons. The number of carbonyl (C=O) groups excluding carboxylic acids is 2. The molecule has 0 bridgehead atoms. The molecule has 2 amide bonds. The Morgan fingerprint density at radius 1 is 1.13 bits per heavy atom. The van der Waals surface area contributed by atoms with Gasteiger partial charge in [-0.2, -0.15) is 0 Å². The van der Waals surface area contributed by atoms with E-state index >= 15 is 0 Å². The van der Waals surface area contributed by atoms with Gasteiger partial charge in [0.1, 0.15) is 6.04 Å². The molecule has 2 aromatic rings. The number of anilines is 1. The maximum absolute atomic E-state index is 13.1. The van der Waals surface area contributed by atoms with E-state index in [-0.39, 0.29) is 29.7 Å². The summed E-state index contributed by atoms with van der Waals surface area (Å²) in [5.41, 5.74) is 2.61. The van der Waals surface area contributed by atoms with Gasteiger partial charge in [-0.25, -0.2) is 4.79 Å². The Balaban J connectivity index is 1.42. The quantitative estimate of drug-likeness (QED) is 0.567. The molecule has 1 aliphatic carbocycles. The van der Waals surface area contributed by atoms with Gasteiger partial charge in [-0.1, -0.05) is 6.07 Å². The predicted molar refractivity (Wildman–Crippen MR) is 114 cm³/mol. The van der Waals surface area contributed by atoms with E-state index < -0.39 is 11.9 Å². The summed E-state index contributed by atoms with van der Waals surface area (Å²) in [6.45, 7) is 1.86.